The number of ether oxygens (including phenoxy) is 2. The minimum Gasteiger partial charge on any atom is -0.495 e. The number of nitrogens with two attached hydrogens (primary N) is 1. The minimum absolute atomic E-state index is 0. The van der Waals surface area contributed by atoms with Crippen molar-refractivity contribution < 1.29 is 19.1 Å². The molecule has 8 heteroatoms. The number of likely N-dealkylation sites (tertiary alicyclic amines) is 1. The summed E-state index contributed by atoms with van der Waals surface area (Å²) in [5.41, 5.74) is 6.66. The van der Waals surface area contributed by atoms with Gasteiger partial charge in [-0.3, -0.25) is 9.59 Å². The van der Waals surface area contributed by atoms with Gasteiger partial charge >= 0.3 is 0 Å². The lowest BCUT2D eigenvalue weighted by atomic mass is 10.1. The van der Waals surface area contributed by atoms with Crippen LogP contribution in [0.25, 0.3) is 0 Å². The molecule has 7 nitrogen and oxygen atoms in total. The quantitative estimate of drug-likeness (QED) is 0.776. The number of carbonyl (C=O) groups is 2. The molecule has 2 aliphatic heterocycles. The summed E-state index contributed by atoms with van der Waals surface area (Å²) < 4.78 is 11.0. The summed E-state index contributed by atoms with van der Waals surface area (Å²) in [4.78, 5) is 27.3. The van der Waals surface area contributed by atoms with Crippen molar-refractivity contribution in [3.63, 3.8) is 0 Å². The molecule has 0 radical (unpaired) electrons. The number of hydrogen-bond donors (Lipinski definition) is 2. The summed E-state index contributed by atoms with van der Waals surface area (Å²) in [5.74, 6) is 0.281. The van der Waals surface area contributed by atoms with E-state index < -0.39 is 6.10 Å². The van der Waals surface area contributed by atoms with Crippen LogP contribution in [0.5, 0.6) is 5.75 Å². The van der Waals surface area contributed by atoms with Crippen molar-refractivity contribution in [3.05, 3.63) is 23.8 Å². The number of amides is 2. The van der Waals surface area contributed by atoms with E-state index in [1.807, 2.05) is 4.90 Å². The molecule has 0 saturated carbocycles. The molecule has 0 aliphatic carbocycles. The van der Waals surface area contributed by atoms with Crippen molar-refractivity contribution in [2.24, 2.45) is 5.73 Å². The van der Waals surface area contributed by atoms with Gasteiger partial charge in [-0.1, -0.05) is 12.8 Å². The molecule has 0 aromatic heterocycles. The van der Waals surface area contributed by atoms with E-state index in [-0.39, 0.29) is 30.3 Å². The molecule has 0 unspecified atom stereocenters. The predicted molar refractivity (Wildman–Crippen MR) is 110 cm³/mol. The maximum atomic E-state index is 12.9. The molecule has 2 saturated heterocycles. The highest BCUT2D eigenvalue weighted by Crippen LogP contribution is 2.28. The molecule has 0 spiro atoms. The smallest absolute Gasteiger partial charge is 0.253 e. The van der Waals surface area contributed by atoms with E-state index in [0.29, 0.717) is 30.0 Å². The SMILES string of the molecule is COc1ccc(C(=O)N2CCCCCC2)cc1NC(=O)[C@@H]1CC[C@H](CN)O1.Cl. The van der Waals surface area contributed by atoms with E-state index in [9.17, 15) is 9.59 Å². The number of hydrogen-bond acceptors (Lipinski definition) is 5. The summed E-state index contributed by atoms with van der Waals surface area (Å²) in [5, 5.41) is 2.86. The topological polar surface area (TPSA) is 93.9 Å². The number of nitrogens with one attached hydrogen (secondary N) is 1. The number of anilines is 1. The molecule has 3 N–H and O–H groups in total. The largest absolute Gasteiger partial charge is 0.495 e. The van der Waals surface area contributed by atoms with Crippen LogP contribution in [-0.2, 0) is 9.53 Å². The van der Waals surface area contributed by atoms with Crippen LogP contribution in [0.2, 0.25) is 0 Å². The number of rotatable bonds is 5. The molecule has 156 valence electrons. The highest BCUT2D eigenvalue weighted by Gasteiger charge is 2.30. The van der Waals surface area contributed by atoms with E-state index in [4.69, 9.17) is 15.2 Å². The Bertz CT molecular complexity index is 677. The van der Waals surface area contributed by atoms with Gasteiger partial charge < -0.3 is 25.4 Å². The Morgan fingerprint density at radius 3 is 2.54 bits per heavy atom. The second-order valence-electron chi connectivity index (χ2n) is 7.17. The van der Waals surface area contributed by atoms with Gasteiger partial charge in [-0.25, -0.2) is 0 Å². The zero-order valence-corrected chi connectivity index (χ0v) is 17.1. The summed E-state index contributed by atoms with van der Waals surface area (Å²) in [6, 6.07) is 5.16. The number of carbonyl (C=O) groups excluding carboxylic acids is 2. The second-order valence-corrected chi connectivity index (χ2v) is 7.17. The Hall–Kier alpha value is -1.83. The highest BCUT2D eigenvalue weighted by atomic mass is 35.5. The molecular formula is C20H30ClN3O4. The average molecular weight is 412 g/mol. The molecule has 2 atom stereocenters. The van der Waals surface area contributed by atoms with Crippen molar-refractivity contribution in [2.75, 3.05) is 32.1 Å². The molecule has 28 heavy (non-hydrogen) atoms. The van der Waals surface area contributed by atoms with Crippen LogP contribution in [0.1, 0.15) is 48.9 Å². The van der Waals surface area contributed by atoms with Crippen molar-refractivity contribution in [1.82, 2.24) is 4.90 Å². The standard InChI is InChI=1S/C20H29N3O4.ClH/c1-26-17-8-6-14(20(25)23-10-4-2-3-5-11-23)12-16(17)22-19(24)18-9-7-15(13-21)27-18;/h6,8,12,15,18H,2-5,7,9-11,13,21H2,1H3,(H,22,24);1H/t15-,18+;/m1./s1. The average Bonchev–Trinajstić information content (AvgIpc) is 3.02. The van der Waals surface area contributed by atoms with Gasteiger partial charge in [-0.15, -0.1) is 12.4 Å². The third-order valence-electron chi connectivity index (χ3n) is 5.26. The first kappa shape index (κ1) is 22.5. The molecule has 2 heterocycles. The van der Waals surface area contributed by atoms with Gasteiger partial charge in [0.2, 0.25) is 0 Å². The number of methoxy groups -OCH3 is 1. The maximum absolute atomic E-state index is 12.9. The fourth-order valence-corrected chi connectivity index (χ4v) is 3.68. The van der Waals surface area contributed by atoms with E-state index in [2.05, 4.69) is 5.32 Å². The van der Waals surface area contributed by atoms with E-state index >= 15 is 0 Å². The van der Waals surface area contributed by atoms with E-state index in [1.165, 1.54) is 20.0 Å². The first-order chi connectivity index (χ1) is 13.1. The van der Waals surface area contributed by atoms with Gasteiger partial charge in [0.05, 0.1) is 18.9 Å². The third kappa shape index (κ3) is 5.37. The molecule has 2 fully saturated rings. The number of benzene rings is 1. The Morgan fingerprint density at radius 2 is 1.93 bits per heavy atom. The van der Waals surface area contributed by atoms with Crippen LogP contribution in [0, 0.1) is 0 Å². The van der Waals surface area contributed by atoms with Crippen LogP contribution in [-0.4, -0.2) is 55.7 Å². The fourth-order valence-electron chi connectivity index (χ4n) is 3.68. The molecule has 2 aliphatic rings. The van der Waals surface area contributed by atoms with Crippen molar-refractivity contribution in [3.8, 4) is 5.75 Å². The summed E-state index contributed by atoms with van der Waals surface area (Å²) in [7, 11) is 1.54. The predicted octanol–water partition coefficient (Wildman–Crippen LogP) is 2.58. The van der Waals surface area contributed by atoms with E-state index in [0.717, 1.165) is 32.4 Å². The Kier molecular flexibility index (Phi) is 8.54. The lowest BCUT2D eigenvalue weighted by Gasteiger charge is -2.21. The number of nitrogens with zero attached hydrogens (tertiary/aromatic N) is 1. The zero-order chi connectivity index (χ0) is 19.2. The highest BCUT2D eigenvalue weighted by molar-refractivity contribution is 5.99. The van der Waals surface area contributed by atoms with Crippen LogP contribution in [0.4, 0.5) is 5.69 Å². The van der Waals surface area contributed by atoms with Gasteiger partial charge in [-0.2, -0.15) is 0 Å². The lowest BCUT2D eigenvalue weighted by Crippen LogP contribution is -2.32. The minimum atomic E-state index is -0.520. The lowest BCUT2D eigenvalue weighted by molar-refractivity contribution is -0.126. The van der Waals surface area contributed by atoms with E-state index in [1.54, 1.807) is 18.2 Å². The Balaban J connectivity index is 0.00000280. The Labute approximate surface area is 172 Å². The second kappa shape index (κ2) is 10.6. The van der Waals surface area contributed by atoms with Gasteiger partial charge in [-0.05, 0) is 43.9 Å². The van der Waals surface area contributed by atoms with Crippen molar-refractivity contribution in [1.29, 1.82) is 0 Å². The normalized spacial score (nSPS) is 22.1. The molecule has 1 aromatic carbocycles. The summed E-state index contributed by atoms with van der Waals surface area (Å²) >= 11 is 0. The Morgan fingerprint density at radius 1 is 1.21 bits per heavy atom. The van der Waals surface area contributed by atoms with Crippen molar-refractivity contribution >= 4 is 29.9 Å². The van der Waals surface area contributed by atoms with Crippen LogP contribution >= 0.6 is 12.4 Å². The zero-order valence-electron chi connectivity index (χ0n) is 16.3. The van der Waals surface area contributed by atoms with Crippen LogP contribution < -0.4 is 15.8 Å². The number of halogens is 1. The summed E-state index contributed by atoms with van der Waals surface area (Å²) in [6.45, 7) is 1.97. The van der Waals surface area contributed by atoms with Crippen LogP contribution in [0.15, 0.2) is 18.2 Å². The van der Waals surface area contributed by atoms with Gasteiger partial charge in [0, 0.05) is 25.2 Å². The van der Waals surface area contributed by atoms with Gasteiger partial charge in [0.1, 0.15) is 11.9 Å². The van der Waals surface area contributed by atoms with Gasteiger partial charge in [0.25, 0.3) is 11.8 Å². The first-order valence-corrected chi connectivity index (χ1v) is 9.76. The molecule has 3 rings (SSSR count). The summed E-state index contributed by atoms with van der Waals surface area (Å²) in [6.07, 6.45) is 5.23. The van der Waals surface area contributed by atoms with Crippen molar-refractivity contribution in [2.45, 2.75) is 50.7 Å². The molecule has 1 aromatic rings. The van der Waals surface area contributed by atoms with Gasteiger partial charge in [0.15, 0.2) is 0 Å². The monoisotopic (exact) mass is 411 g/mol. The molecular weight excluding hydrogens is 382 g/mol. The third-order valence-corrected chi connectivity index (χ3v) is 5.26. The maximum Gasteiger partial charge on any atom is 0.253 e. The van der Waals surface area contributed by atoms with Crippen LogP contribution in [0.3, 0.4) is 0 Å². The first-order valence-electron chi connectivity index (χ1n) is 9.76. The molecule has 0 bridgehead atoms. The molecule has 2 amide bonds. The fraction of sp³-hybridized carbons (Fsp3) is 0.600.